The molecular weight excluding hydrogens is 264 g/mol. The van der Waals surface area contributed by atoms with Crippen molar-refractivity contribution in [2.75, 3.05) is 5.75 Å². The van der Waals surface area contributed by atoms with E-state index in [1.165, 1.54) is 6.92 Å². The molecular formula is C13H16N2O3S. The topological polar surface area (TPSA) is 86.2 Å². The van der Waals surface area contributed by atoms with E-state index >= 15 is 0 Å². The summed E-state index contributed by atoms with van der Waals surface area (Å²) in [4.78, 5) is 10.9. The summed E-state index contributed by atoms with van der Waals surface area (Å²) >= 11 is 1.01. The molecule has 102 valence electrons. The number of nitrogens with one attached hydrogen (secondary N) is 1. The van der Waals surface area contributed by atoms with Crippen molar-refractivity contribution < 1.29 is 15.0 Å². The van der Waals surface area contributed by atoms with Gasteiger partial charge in [-0.15, -0.1) is 0 Å². The predicted octanol–water partition coefficient (Wildman–Crippen LogP) is 1.55. The first kappa shape index (κ1) is 14.0. The number of nitrogens with zero attached hydrogens (tertiary/aromatic N) is 1. The summed E-state index contributed by atoms with van der Waals surface area (Å²) in [5, 5.41) is 27.7. The lowest BCUT2D eigenvalue weighted by molar-refractivity contribution is -0.109. The second kappa shape index (κ2) is 5.73. The molecule has 0 spiro atoms. The molecule has 0 aliphatic heterocycles. The first-order valence-electron chi connectivity index (χ1n) is 5.92. The number of aliphatic hydroxyl groups excluding tert-OH is 2. The smallest absolute Gasteiger partial charge is 0.185 e. The minimum atomic E-state index is -1.01. The summed E-state index contributed by atoms with van der Waals surface area (Å²) in [5.74, 6) is 0.180. The molecule has 2 aromatic rings. The standard InChI is InChI=1S/C13H16N2O3S/c1-7-3-11-9(5-14-15-11)4-10(7)13(18)12(17)6-19-8(2)16/h3-5,12-13,17-18H,6H2,1-2H3,(H,14,15). The molecule has 1 aromatic carbocycles. The molecule has 1 heterocycles. The normalized spacial score (nSPS) is 14.5. The van der Waals surface area contributed by atoms with Crippen LogP contribution in [0.25, 0.3) is 10.9 Å². The van der Waals surface area contributed by atoms with Crippen LogP contribution in [-0.4, -0.2) is 37.4 Å². The van der Waals surface area contributed by atoms with Crippen LogP contribution in [0.15, 0.2) is 18.3 Å². The van der Waals surface area contributed by atoms with Crippen molar-refractivity contribution in [1.29, 1.82) is 0 Å². The maximum absolute atomic E-state index is 10.9. The zero-order valence-electron chi connectivity index (χ0n) is 10.8. The number of H-pyrrole nitrogens is 1. The van der Waals surface area contributed by atoms with Crippen LogP contribution in [0.2, 0.25) is 0 Å². The molecule has 2 unspecified atom stereocenters. The van der Waals surface area contributed by atoms with Crippen LogP contribution < -0.4 is 0 Å². The molecule has 0 radical (unpaired) electrons. The van der Waals surface area contributed by atoms with Gasteiger partial charge in [-0.3, -0.25) is 9.89 Å². The van der Waals surface area contributed by atoms with Gasteiger partial charge in [-0.1, -0.05) is 11.8 Å². The molecule has 3 N–H and O–H groups in total. The van der Waals surface area contributed by atoms with Crippen LogP contribution in [0.5, 0.6) is 0 Å². The number of hydrogen-bond acceptors (Lipinski definition) is 5. The highest BCUT2D eigenvalue weighted by molar-refractivity contribution is 8.13. The van der Waals surface area contributed by atoms with Crippen molar-refractivity contribution in [3.63, 3.8) is 0 Å². The summed E-state index contributed by atoms with van der Waals surface area (Å²) in [6.45, 7) is 3.30. The average Bonchev–Trinajstić information content (AvgIpc) is 2.80. The zero-order valence-corrected chi connectivity index (χ0v) is 11.6. The molecule has 2 atom stereocenters. The van der Waals surface area contributed by atoms with Gasteiger partial charge in [-0.25, -0.2) is 0 Å². The molecule has 19 heavy (non-hydrogen) atoms. The second-order valence-corrected chi connectivity index (χ2v) is 5.68. The Morgan fingerprint density at radius 2 is 2.21 bits per heavy atom. The summed E-state index contributed by atoms with van der Waals surface area (Å²) in [6, 6.07) is 3.69. The third kappa shape index (κ3) is 3.15. The first-order chi connectivity index (χ1) is 8.99. The number of thioether (sulfide) groups is 1. The van der Waals surface area contributed by atoms with Crippen molar-refractivity contribution in [2.24, 2.45) is 0 Å². The molecule has 0 aliphatic rings. The van der Waals surface area contributed by atoms with E-state index in [-0.39, 0.29) is 10.9 Å². The van der Waals surface area contributed by atoms with Gasteiger partial charge in [-0.2, -0.15) is 5.10 Å². The Balaban J connectivity index is 2.22. The quantitative estimate of drug-likeness (QED) is 0.791. The molecule has 6 heteroatoms. The molecule has 0 fully saturated rings. The highest BCUT2D eigenvalue weighted by Crippen LogP contribution is 2.26. The highest BCUT2D eigenvalue weighted by Gasteiger charge is 2.21. The minimum Gasteiger partial charge on any atom is -0.389 e. The van der Waals surface area contributed by atoms with Gasteiger partial charge in [0, 0.05) is 18.1 Å². The van der Waals surface area contributed by atoms with E-state index in [2.05, 4.69) is 10.2 Å². The molecule has 0 amide bonds. The molecule has 1 aromatic heterocycles. The molecule has 0 saturated carbocycles. The van der Waals surface area contributed by atoms with E-state index < -0.39 is 12.2 Å². The fourth-order valence-corrected chi connectivity index (χ4v) is 2.52. The lowest BCUT2D eigenvalue weighted by atomic mass is 9.98. The SMILES string of the molecule is CC(=O)SCC(O)C(O)c1cc2cn[nH]c2cc1C. The summed E-state index contributed by atoms with van der Waals surface area (Å²) < 4.78 is 0. The predicted molar refractivity (Wildman–Crippen MR) is 74.9 cm³/mol. The summed E-state index contributed by atoms with van der Waals surface area (Å²) in [7, 11) is 0. The Morgan fingerprint density at radius 3 is 2.89 bits per heavy atom. The minimum absolute atomic E-state index is 0.0757. The number of aromatic amines is 1. The van der Waals surface area contributed by atoms with Crippen molar-refractivity contribution in [1.82, 2.24) is 10.2 Å². The summed E-state index contributed by atoms with van der Waals surface area (Å²) in [6.07, 6.45) is -0.315. The van der Waals surface area contributed by atoms with E-state index in [0.29, 0.717) is 5.56 Å². The third-order valence-electron chi connectivity index (χ3n) is 2.97. The molecule has 0 saturated heterocycles. The number of fused-ring (bicyclic) bond motifs is 1. The van der Waals surface area contributed by atoms with Gasteiger partial charge in [0.15, 0.2) is 5.12 Å². The van der Waals surface area contributed by atoms with Crippen LogP contribution in [0.4, 0.5) is 0 Å². The molecule has 0 aliphatic carbocycles. The van der Waals surface area contributed by atoms with Gasteiger partial charge in [0.1, 0.15) is 6.10 Å². The van der Waals surface area contributed by atoms with Crippen molar-refractivity contribution >= 4 is 27.8 Å². The first-order valence-corrected chi connectivity index (χ1v) is 6.90. The maximum Gasteiger partial charge on any atom is 0.185 e. The van der Waals surface area contributed by atoms with Gasteiger partial charge < -0.3 is 10.2 Å². The Morgan fingerprint density at radius 1 is 1.47 bits per heavy atom. The van der Waals surface area contributed by atoms with Crippen LogP contribution in [0.1, 0.15) is 24.2 Å². The Labute approximate surface area is 115 Å². The Hall–Kier alpha value is -1.37. The van der Waals surface area contributed by atoms with Gasteiger partial charge in [-0.05, 0) is 30.2 Å². The van der Waals surface area contributed by atoms with Crippen molar-refractivity contribution in [3.8, 4) is 0 Å². The molecule has 5 nitrogen and oxygen atoms in total. The highest BCUT2D eigenvalue weighted by atomic mass is 32.2. The van der Waals surface area contributed by atoms with Crippen LogP contribution in [-0.2, 0) is 4.79 Å². The Kier molecular flexibility index (Phi) is 4.24. The zero-order chi connectivity index (χ0) is 14.0. The number of rotatable bonds is 4. The van der Waals surface area contributed by atoms with Crippen LogP contribution in [0, 0.1) is 6.92 Å². The van der Waals surface area contributed by atoms with Crippen LogP contribution in [0.3, 0.4) is 0 Å². The maximum atomic E-state index is 10.9. The molecule has 0 bridgehead atoms. The average molecular weight is 280 g/mol. The van der Waals surface area contributed by atoms with E-state index in [1.54, 1.807) is 12.3 Å². The van der Waals surface area contributed by atoms with E-state index in [4.69, 9.17) is 0 Å². The lowest BCUT2D eigenvalue weighted by Gasteiger charge is -2.19. The Bertz CT molecular complexity index is 597. The van der Waals surface area contributed by atoms with E-state index in [1.807, 2.05) is 13.0 Å². The number of carbonyl (C=O) groups is 1. The third-order valence-corrected chi connectivity index (χ3v) is 3.88. The monoisotopic (exact) mass is 280 g/mol. The van der Waals surface area contributed by atoms with Gasteiger partial charge >= 0.3 is 0 Å². The molecule has 2 rings (SSSR count). The number of aryl methyl sites for hydroxylation is 1. The number of aliphatic hydroxyl groups is 2. The van der Waals surface area contributed by atoms with E-state index in [0.717, 1.165) is 28.2 Å². The summed E-state index contributed by atoms with van der Waals surface area (Å²) in [5.41, 5.74) is 2.42. The fourth-order valence-electron chi connectivity index (χ4n) is 1.94. The second-order valence-electron chi connectivity index (χ2n) is 4.48. The largest absolute Gasteiger partial charge is 0.389 e. The van der Waals surface area contributed by atoms with E-state index in [9.17, 15) is 15.0 Å². The van der Waals surface area contributed by atoms with Gasteiger partial charge in [0.05, 0.1) is 17.8 Å². The van der Waals surface area contributed by atoms with Gasteiger partial charge in [0.2, 0.25) is 0 Å². The number of carbonyl (C=O) groups excluding carboxylic acids is 1. The van der Waals surface area contributed by atoms with Crippen molar-refractivity contribution in [2.45, 2.75) is 26.1 Å². The van der Waals surface area contributed by atoms with Gasteiger partial charge in [0.25, 0.3) is 0 Å². The number of hydrogen-bond donors (Lipinski definition) is 3. The van der Waals surface area contributed by atoms with Crippen molar-refractivity contribution in [3.05, 3.63) is 29.5 Å². The number of aromatic nitrogens is 2. The lowest BCUT2D eigenvalue weighted by Crippen LogP contribution is -2.22. The fraction of sp³-hybridized carbons (Fsp3) is 0.385. The number of benzene rings is 1. The van der Waals surface area contributed by atoms with Crippen LogP contribution >= 0.6 is 11.8 Å².